The van der Waals surface area contributed by atoms with Crippen LogP contribution in [-0.4, -0.2) is 18.1 Å². The Morgan fingerprint density at radius 1 is 1.32 bits per heavy atom. The van der Waals surface area contributed by atoms with Crippen molar-refractivity contribution in [3.8, 4) is 11.5 Å². The van der Waals surface area contributed by atoms with Gasteiger partial charge >= 0.3 is 0 Å². The number of nitrogens with one attached hydrogen (secondary N) is 1. The smallest absolute Gasteiger partial charge is 0.180 e. The van der Waals surface area contributed by atoms with E-state index in [4.69, 9.17) is 21.1 Å². The summed E-state index contributed by atoms with van der Waals surface area (Å²) in [5.74, 6) is 1.23. The summed E-state index contributed by atoms with van der Waals surface area (Å²) in [6, 6.07) is 8.40. The highest BCUT2D eigenvalue weighted by atomic mass is 35.5. The Bertz CT molecular complexity index is 630. The fraction of sp³-hybridized carbons (Fsp3) is 0.353. The van der Waals surface area contributed by atoms with Gasteiger partial charge in [-0.1, -0.05) is 17.7 Å². The molecule has 0 spiro atoms. The minimum atomic E-state index is 0.406. The molecule has 116 valence electrons. The van der Waals surface area contributed by atoms with E-state index in [2.05, 4.69) is 10.3 Å². The van der Waals surface area contributed by atoms with E-state index in [9.17, 15) is 0 Å². The molecule has 1 aromatic heterocycles. The maximum atomic E-state index is 6.36. The Labute approximate surface area is 135 Å². The first-order valence-corrected chi connectivity index (χ1v) is 7.75. The molecular weight excluding hydrogens is 300 g/mol. The molecule has 1 N–H and O–H groups in total. The summed E-state index contributed by atoms with van der Waals surface area (Å²) in [7, 11) is 1.63. The maximum Gasteiger partial charge on any atom is 0.180 e. The van der Waals surface area contributed by atoms with Gasteiger partial charge in [0.2, 0.25) is 0 Å². The van der Waals surface area contributed by atoms with Gasteiger partial charge in [0, 0.05) is 30.5 Å². The van der Waals surface area contributed by atoms with Gasteiger partial charge in [-0.05, 0) is 36.6 Å². The van der Waals surface area contributed by atoms with E-state index in [0.29, 0.717) is 29.2 Å². The Hall–Kier alpha value is -1.78. The fourth-order valence-corrected chi connectivity index (χ4v) is 2.49. The number of rotatable bonds is 7. The fourth-order valence-electron chi connectivity index (χ4n) is 2.20. The van der Waals surface area contributed by atoms with Gasteiger partial charge in [-0.25, -0.2) is 0 Å². The van der Waals surface area contributed by atoms with Crippen molar-refractivity contribution >= 4 is 11.6 Å². The predicted molar refractivity (Wildman–Crippen MR) is 86.4 cm³/mol. The zero-order valence-corrected chi connectivity index (χ0v) is 13.3. The molecule has 0 radical (unpaired) electrons. The zero-order valence-electron chi connectivity index (χ0n) is 12.5. The second-order valence-corrected chi connectivity index (χ2v) is 5.82. The van der Waals surface area contributed by atoms with Gasteiger partial charge in [0.05, 0.1) is 12.1 Å². The third kappa shape index (κ3) is 3.90. The maximum absolute atomic E-state index is 6.36. The van der Waals surface area contributed by atoms with Gasteiger partial charge in [-0.15, -0.1) is 0 Å². The average Bonchev–Trinajstić information content (AvgIpc) is 3.36. The van der Waals surface area contributed by atoms with Gasteiger partial charge in [-0.3, -0.25) is 4.98 Å². The molecule has 5 heteroatoms. The largest absolute Gasteiger partial charge is 0.493 e. The van der Waals surface area contributed by atoms with Crippen molar-refractivity contribution in [1.82, 2.24) is 10.3 Å². The Balaban J connectivity index is 1.71. The molecule has 0 saturated heterocycles. The lowest BCUT2D eigenvalue weighted by molar-refractivity contribution is 0.284. The van der Waals surface area contributed by atoms with E-state index >= 15 is 0 Å². The van der Waals surface area contributed by atoms with Crippen molar-refractivity contribution in [1.29, 1.82) is 0 Å². The molecule has 1 fully saturated rings. The van der Waals surface area contributed by atoms with Gasteiger partial charge in [0.1, 0.15) is 6.61 Å². The molecule has 2 aromatic rings. The molecule has 22 heavy (non-hydrogen) atoms. The number of hydrogen-bond acceptors (Lipinski definition) is 4. The van der Waals surface area contributed by atoms with Gasteiger partial charge in [0.25, 0.3) is 0 Å². The Kier molecular flexibility index (Phi) is 4.80. The molecule has 1 aromatic carbocycles. The van der Waals surface area contributed by atoms with Crippen LogP contribution in [0.4, 0.5) is 0 Å². The number of halogens is 1. The standard InChI is InChI=1S/C17H19ClN2O2/c1-21-16-8-13(10-20-14-4-5-14)7-15(18)17(16)22-11-12-3-2-6-19-9-12/h2-3,6-9,14,20H,4-5,10-11H2,1H3. The second kappa shape index (κ2) is 6.99. The van der Waals surface area contributed by atoms with Crippen molar-refractivity contribution in [3.05, 3.63) is 52.8 Å². The number of aromatic nitrogens is 1. The first-order chi connectivity index (χ1) is 10.8. The number of benzene rings is 1. The predicted octanol–water partition coefficient (Wildman–Crippen LogP) is 3.57. The van der Waals surface area contributed by atoms with Gasteiger partial charge < -0.3 is 14.8 Å². The summed E-state index contributed by atoms with van der Waals surface area (Å²) >= 11 is 6.36. The highest BCUT2D eigenvalue weighted by Gasteiger charge is 2.20. The summed E-state index contributed by atoms with van der Waals surface area (Å²) in [5.41, 5.74) is 2.09. The highest BCUT2D eigenvalue weighted by molar-refractivity contribution is 6.32. The number of methoxy groups -OCH3 is 1. The first-order valence-electron chi connectivity index (χ1n) is 7.38. The van der Waals surface area contributed by atoms with Crippen LogP contribution >= 0.6 is 11.6 Å². The molecule has 0 atom stereocenters. The van der Waals surface area contributed by atoms with Crippen molar-refractivity contribution in [3.63, 3.8) is 0 Å². The monoisotopic (exact) mass is 318 g/mol. The molecule has 1 heterocycles. The number of hydrogen-bond donors (Lipinski definition) is 1. The van der Waals surface area contributed by atoms with Crippen LogP contribution in [0.25, 0.3) is 0 Å². The lowest BCUT2D eigenvalue weighted by atomic mass is 10.2. The summed E-state index contributed by atoms with van der Waals surface area (Å²) in [4.78, 5) is 4.07. The summed E-state index contributed by atoms with van der Waals surface area (Å²) in [6.45, 7) is 1.20. The normalized spacial score (nSPS) is 13.9. The number of ether oxygens (including phenoxy) is 2. The van der Waals surface area contributed by atoms with Crippen LogP contribution in [0.3, 0.4) is 0 Å². The lowest BCUT2D eigenvalue weighted by Gasteiger charge is -2.14. The van der Waals surface area contributed by atoms with Crippen LogP contribution in [0.5, 0.6) is 11.5 Å². The van der Waals surface area contributed by atoms with E-state index < -0.39 is 0 Å². The van der Waals surface area contributed by atoms with Crippen LogP contribution < -0.4 is 14.8 Å². The molecule has 1 saturated carbocycles. The van der Waals surface area contributed by atoms with E-state index in [1.807, 2.05) is 24.3 Å². The molecule has 0 unspecified atom stereocenters. The van der Waals surface area contributed by atoms with Crippen molar-refractivity contribution in [2.45, 2.75) is 32.0 Å². The molecule has 1 aliphatic carbocycles. The van der Waals surface area contributed by atoms with Crippen molar-refractivity contribution in [2.75, 3.05) is 7.11 Å². The topological polar surface area (TPSA) is 43.4 Å². The van der Waals surface area contributed by atoms with Gasteiger partial charge in [0.15, 0.2) is 11.5 Å². The number of pyridine rings is 1. The third-order valence-corrected chi connectivity index (χ3v) is 3.85. The van der Waals surface area contributed by atoms with Crippen LogP contribution in [-0.2, 0) is 13.2 Å². The highest BCUT2D eigenvalue weighted by Crippen LogP contribution is 2.37. The van der Waals surface area contributed by atoms with Gasteiger partial charge in [-0.2, -0.15) is 0 Å². The van der Waals surface area contributed by atoms with E-state index in [1.165, 1.54) is 12.8 Å². The summed E-state index contributed by atoms with van der Waals surface area (Å²) in [5, 5.41) is 4.03. The van der Waals surface area contributed by atoms with E-state index in [1.54, 1.807) is 19.5 Å². The summed E-state index contributed by atoms with van der Waals surface area (Å²) in [6.07, 6.45) is 6.03. The molecule has 4 nitrogen and oxygen atoms in total. The summed E-state index contributed by atoms with van der Waals surface area (Å²) < 4.78 is 11.2. The quantitative estimate of drug-likeness (QED) is 0.847. The Morgan fingerprint density at radius 2 is 2.18 bits per heavy atom. The lowest BCUT2D eigenvalue weighted by Crippen LogP contribution is -2.15. The van der Waals surface area contributed by atoms with Crippen LogP contribution in [0.2, 0.25) is 5.02 Å². The third-order valence-electron chi connectivity index (χ3n) is 3.57. The van der Waals surface area contributed by atoms with Crippen molar-refractivity contribution in [2.24, 2.45) is 0 Å². The zero-order chi connectivity index (χ0) is 15.4. The molecular formula is C17H19ClN2O2. The molecule has 0 aliphatic heterocycles. The van der Waals surface area contributed by atoms with Crippen LogP contribution in [0, 0.1) is 0 Å². The number of nitrogens with zero attached hydrogens (tertiary/aromatic N) is 1. The minimum absolute atomic E-state index is 0.406. The van der Waals surface area contributed by atoms with Crippen molar-refractivity contribution < 1.29 is 9.47 Å². The molecule has 0 bridgehead atoms. The molecule has 3 rings (SSSR count). The SMILES string of the molecule is COc1cc(CNC2CC2)cc(Cl)c1OCc1cccnc1. The molecule has 0 amide bonds. The van der Waals surface area contributed by atoms with Crippen LogP contribution in [0.1, 0.15) is 24.0 Å². The average molecular weight is 319 g/mol. The molecule has 1 aliphatic rings. The second-order valence-electron chi connectivity index (χ2n) is 5.41. The first kappa shape index (κ1) is 15.1. The Morgan fingerprint density at radius 3 is 2.86 bits per heavy atom. The van der Waals surface area contributed by atoms with E-state index in [0.717, 1.165) is 17.7 Å². The van der Waals surface area contributed by atoms with Crippen LogP contribution in [0.15, 0.2) is 36.7 Å². The van der Waals surface area contributed by atoms with E-state index in [-0.39, 0.29) is 0 Å². The minimum Gasteiger partial charge on any atom is -0.493 e.